The van der Waals surface area contributed by atoms with Crippen LogP contribution < -0.4 is 5.32 Å². The van der Waals surface area contributed by atoms with E-state index >= 15 is 0 Å². The number of rotatable bonds is 5. The molecule has 0 saturated carbocycles. The van der Waals surface area contributed by atoms with E-state index in [1.165, 1.54) is 27.8 Å². The molecule has 0 atom stereocenters. The van der Waals surface area contributed by atoms with Crippen LogP contribution in [0.5, 0.6) is 0 Å². The lowest BCUT2D eigenvalue weighted by molar-refractivity contribution is 0.0991. The maximum atomic E-state index is 12.5. The molecule has 1 aliphatic heterocycles. The maximum absolute atomic E-state index is 12.5. The summed E-state index contributed by atoms with van der Waals surface area (Å²) in [7, 11) is -3.69. The van der Waals surface area contributed by atoms with Gasteiger partial charge in [0.1, 0.15) is 5.01 Å². The summed E-state index contributed by atoms with van der Waals surface area (Å²) in [6.45, 7) is 2.90. The molecule has 0 aliphatic carbocycles. The molecular formula is C14H18N4O4S2. The van der Waals surface area contributed by atoms with Crippen LogP contribution in [0.25, 0.3) is 0 Å². The van der Waals surface area contributed by atoms with Gasteiger partial charge < -0.3 is 4.42 Å². The van der Waals surface area contributed by atoms with Crippen LogP contribution in [-0.4, -0.2) is 41.9 Å². The van der Waals surface area contributed by atoms with Crippen LogP contribution in [0.15, 0.2) is 21.6 Å². The van der Waals surface area contributed by atoms with Crippen LogP contribution in [0, 0.1) is 0 Å². The first-order valence-corrected chi connectivity index (χ1v) is 10.00. The van der Waals surface area contributed by atoms with Crippen molar-refractivity contribution in [3.05, 3.63) is 22.9 Å². The van der Waals surface area contributed by atoms with Gasteiger partial charge in [0.25, 0.3) is 15.9 Å². The normalized spacial score (nSPS) is 16.2. The number of carbonyl (C=O) groups is 1. The Morgan fingerprint density at radius 1 is 1.29 bits per heavy atom. The fourth-order valence-corrected chi connectivity index (χ4v) is 4.52. The Balaban J connectivity index is 1.73. The molecule has 0 radical (unpaired) electrons. The average molecular weight is 370 g/mol. The van der Waals surface area contributed by atoms with Crippen molar-refractivity contribution < 1.29 is 17.6 Å². The summed E-state index contributed by atoms with van der Waals surface area (Å²) in [6.07, 6.45) is 3.43. The Hall–Kier alpha value is -1.78. The van der Waals surface area contributed by atoms with Gasteiger partial charge in [-0.25, -0.2) is 8.42 Å². The number of nitrogens with zero attached hydrogens (tertiary/aromatic N) is 3. The minimum atomic E-state index is -3.69. The van der Waals surface area contributed by atoms with Crippen LogP contribution in [0.3, 0.4) is 0 Å². The Morgan fingerprint density at radius 2 is 2.04 bits per heavy atom. The SMILES string of the molecule is CCc1nnc(NC(=O)c2ccc(S(=O)(=O)N3CCCCC3)o2)s1. The number of anilines is 1. The molecule has 3 rings (SSSR count). The number of sulfonamides is 1. The minimum absolute atomic E-state index is 0.0705. The van der Waals surface area contributed by atoms with Crippen molar-refractivity contribution in [3.63, 3.8) is 0 Å². The van der Waals surface area contributed by atoms with E-state index in [0.29, 0.717) is 18.2 Å². The molecule has 3 heterocycles. The van der Waals surface area contributed by atoms with Gasteiger partial charge in [-0.2, -0.15) is 4.31 Å². The lowest BCUT2D eigenvalue weighted by Gasteiger charge is -2.24. The summed E-state index contributed by atoms with van der Waals surface area (Å²) in [5.41, 5.74) is 0. The molecule has 8 nitrogen and oxygen atoms in total. The summed E-state index contributed by atoms with van der Waals surface area (Å²) in [6, 6.07) is 2.67. The van der Waals surface area contributed by atoms with E-state index in [1.807, 2.05) is 6.92 Å². The third kappa shape index (κ3) is 3.50. The van der Waals surface area contributed by atoms with Crippen molar-refractivity contribution in [2.75, 3.05) is 18.4 Å². The Morgan fingerprint density at radius 3 is 2.71 bits per heavy atom. The highest BCUT2D eigenvalue weighted by Crippen LogP contribution is 2.23. The van der Waals surface area contributed by atoms with Crippen LogP contribution in [-0.2, 0) is 16.4 Å². The molecule has 0 unspecified atom stereocenters. The van der Waals surface area contributed by atoms with Gasteiger partial charge >= 0.3 is 0 Å². The number of carbonyl (C=O) groups excluding carboxylic acids is 1. The van der Waals surface area contributed by atoms with E-state index < -0.39 is 15.9 Å². The number of hydrogen-bond donors (Lipinski definition) is 1. The third-order valence-corrected chi connectivity index (χ3v) is 6.46. The zero-order chi connectivity index (χ0) is 17.2. The van der Waals surface area contributed by atoms with Crippen molar-refractivity contribution in [3.8, 4) is 0 Å². The van der Waals surface area contributed by atoms with E-state index in [4.69, 9.17) is 4.42 Å². The van der Waals surface area contributed by atoms with Gasteiger partial charge in [0.2, 0.25) is 10.2 Å². The lowest BCUT2D eigenvalue weighted by Crippen LogP contribution is -2.35. The largest absolute Gasteiger partial charge is 0.438 e. The summed E-state index contributed by atoms with van der Waals surface area (Å²) >= 11 is 1.27. The van der Waals surface area contributed by atoms with Gasteiger partial charge in [0, 0.05) is 13.1 Å². The number of amides is 1. The van der Waals surface area contributed by atoms with Crippen molar-refractivity contribution >= 4 is 32.4 Å². The number of furan rings is 1. The molecule has 2 aromatic rings. The van der Waals surface area contributed by atoms with Crippen molar-refractivity contribution in [1.82, 2.24) is 14.5 Å². The Labute approximate surface area is 143 Å². The standard InChI is InChI=1S/C14H18N4O4S2/c1-2-11-16-17-14(23-11)15-13(19)10-6-7-12(22-10)24(20,21)18-8-4-3-5-9-18/h6-7H,2-5,8-9H2,1H3,(H,15,17,19). The molecule has 1 amide bonds. The summed E-state index contributed by atoms with van der Waals surface area (Å²) in [5.74, 6) is -0.618. The van der Waals surface area contributed by atoms with E-state index in [1.54, 1.807) is 0 Å². The number of piperidine rings is 1. The summed E-state index contributed by atoms with van der Waals surface area (Å²) < 4.78 is 31.7. The van der Waals surface area contributed by atoms with Crippen LogP contribution in [0.1, 0.15) is 41.7 Å². The van der Waals surface area contributed by atoms with Gasteiger partial charge in [-0.3, -0.25) is 10.1 Å². The van der Waals surface area contributed by atoms with Crippen LogP contribution in [0.4, 0.5) is 5.13 Å². The zero-order valence-electron chi connectivity index (χ0n) is 13.2. The molecule has 1 fully saturated rings. The van der Waals surface area contributed by atoms with E-state index in [-0.39, 0.29) is 10.9 Å². The highest BCUT2D eigenvalue weighted by molar-refractivity contribution is 7.89. The van der Waals surface area contributed by atoms with Gasteiger partial charge in [0.05, 0.1) is 0 Å². The topological polar surface area (TPSA) is 105 Å². The summed E-state index contributed by atoms with van der Waals surface area (Å²) in [4.78, 5) is 12.2. The van der Waals surface area contributed by atoms with Crippen molar-refractivity contribution in [2.45, 2.75) is 37.7 Å². The van der Waals surface area contributed by atoms with Gasteiger partial charge in [-0.05, 0) is 31.4 Å². The van der Waals surface area contributed by atoms with Gasteiger partial charge in [-0.15, -0.1) is 10.2 Å². The Kier molecular flexibility index (Phi) is 4.97. The highest BCUT2D eigenvalue weighted by atomic mass is 32.2. The number of aryl methyl sites for hydroxylation is 1. The first kappa shape index (κ1) is 17.1. The molecule has 1 aliphatic rings. The molecular weight excluding hydrogens is 352 g/mol. The number of hydrogen-bond acceptors (Lipinski definition) is 7. The fourth-order valence-electron chi connectivity index (χ4n) is 2.42. The molecule has 0 aromatic carbocycles. The molecule has 1 saturated heterocycles. The highest BCUT2D eigenvalue weighted by Gasteiger charge is 2.29. The summed E-state index contributed by atoms with van der Waals surface area (Å²) in [5, 5.41) is 11.3. The predicted molar refractivity (Wildman–Crippen MR) is 88.6 cm³/mol. The number of aromatic nitrogens is 2. The smallest absolute Gasteiger partial charge is 0.293 e. The Bertz CT molecular complexity index is 821. The lowest BCUT2D eigenvalue weighted by atomic mass is 10.2. The monoisotopic (exact) mass is 370 g/mol. The maximum Gasteiger partial charge on any atom is 0.293 e. The second-order valence-corrected chi connectivity index (χ2v) is 8.32. The molecule has 0 bridgehead atoms. The molecule has 1 N–H and O–H groups in total. The molecule has 24 heavy (non-hydrogen) atoms. The molecule has 2 aromatic heterocycles. The average Bonchev–Trinajstić information content (AvgIpc) is 3.25. The van der Waals surface area contributed by atoms with E-state index in [0.717, 1.165) is 30.7 Å². The first-order valence-electron chi connectivity index (χ1n) is 7.74. The van der Waals surface area contributed by atoms with E-state index in [9.17, 15) is 13.2 Å². The molecule has 130 valence electrons. The second kappa shape index (κ2) is 6.99. The van der Waals surface area contributed by atoms with E-state index in [2.05, 4.69) is 15.5 Å². The van der Waals surface area contributed by atoms with Crippen LogP contribution >= 0.6 is 11.3 Å². The molecule has 0 spiro atoms. The van der Waals surface area contributed by atoms with Crippen molar-refractivity contribution in [2.24, 2.45) is 0 Å². The van der Waals surface area contributed by atoms with Crippen LogP contribution in [0.2, 0.25) is 0 Å². The van der Waals surface area contributed by atoms with Crippen molar-refractivity contribution in [1.29, 1.82) is 0 Å². The predicted octanol–water partition coefficient (Wildman–Crippen LogP) is 2.12. The first-order chi connectivity index (χ1) is 11.5. The fraction of sp³-hybridized carbons (Fsp3) is 0.500. The zero-order valence-corrected chi connectivity index (χ0v) is 14.8. The minimum Gasteiger partial charge on any atom is -0.438 e. The number of nitrogens with one attached hydrogen (secondary N) is 1. The van der Waals surface area contributed by atoms with Gasteiger partial charge in [-0.1, -0.05) is 24.7 Å². The third-order valence-electron chi connectivity index (χ3n) is 3.70. The molecule has 10 heteroatoms. The second-order valence-electron chi connectivity index (χ2n) is 5.39. The van der Waals surface area contributed by atoms with Gasteiger partial charge in [0.15, 0.2) is 5.76 Å². The quantitative estimate of drug-likeness (QED) is 0.864.